The summed E-state index contributed by atoms with van der Waals surface area (Å²) in [5.41, 5.74) is 1.69. The molecule has 0 saturated carbocycles. The van der Waals surface area contributed by atoms with Crippen molar-refractivity contribution < 1.29 is 8.42 Å². The molecule has 2 heterocycles. The Bertz CT molecular complexity index is 607. The van der Waals surface area contributed by atoms with Gasteiger partial charge in [-0.2, -0.15) is 0 Å². The lowest BCUT2D eigenvalue weighted by molar-refractivity contribution is 0.0442. The maximum atomic E-state index is 11.7. The zero-order valence-corrected chi connectivity index (χ0v) is 14.3. The maximum absolute atomic E-state index is 11.7. The molecule has 0 radical (unpaired) electrons. The molecule has 1 atom stereocenters. The van der Waals surface area contributed by atoms with Gasteiger partial charge in [-0.3, -0.25) is 0 Å². The van der Waals surface area contributed by atoms with Gasteiger partial charge in [0.2, 0.25) is 10.0 Å². The Morgan fingerprint density at radius 3 is 2.36 bits per heavy atom. The number of benzene rings is 1. The zero-order chi connectivity index (χ0) is 15.8. The second kappa shape index (κ2) is 5.95. The quantitative estimate of drug-likeness (QED) is 0.838. The minimum Gasteiger partial charge on any atom is -0.305 e. The lowest BCUT2D eigenvalue weighted by Gasteiger charge is -2.49. The Morgan fingerprint density at radius 2 is 1.77 bits per heavy atom. The molecule has 0 N–H and O–H groups in total. The molecule has 2 saturated heterocycles. The van der Waals surface area contributed by atoms with Gasteiger partial charge < -0.3 is 4.90 Å². The van der Waals surface area contributed by atoms with Gasteiger partial charge in [0.15, 0.2) is 0 Å². The van der Waals surface area contributed by atoms with Crippen molar-refractivity contribution >= 4 is 10.0 Å². The number of likely N-dealkylation sites (tertiary alicyclic amines) is 1. The molecule has 4 nitrogen and oxygen atoms in total. The van der Waals surface area contributed by atoms with Crippen molar-refractivity contribution in [3.63, 3.8) is 0 Å². The Balaban J connectivity index is 1.74. The van der Waals surface area contributed by atoms with Gasteiger partial charge >= 0.3 is 0 Å². The van der Waals surface area contributed by atoms with Gasteiger partial charge in [-0.05, 0) is 43.2 Å². The van der Waals surface area contributed by atoms with Crippen molar-refractivity contribution in [3.05, 3.63) is 35.9 Å². The van der Waals surface area contributed by atoms with Crippen LogP contribution in [0.3, 0.4) is 0 Å². The van der Waals surface area contributed by atoms with E-state index in [1.54, 1.807) is 4.31 Å². The van der Waals surface area contributed by atoms with Crippen LogP contribution in [0.1, 0.15) is 30.7 Å². The molecule has 2 aliphatic heterocycles. The molecule has 0 unspecified atom stereocenters. The molecule has 1 spiro atoms. The van der Waals surface area contributed by atoms with Crippen molar-refractivity contribution in [2.24, 2.45) is 5.41 Å². The van der Waals surface area contributed by atoms with Crippen molar-refractivity contribution in [2.45, 2.75) is 25.2 Å². The van der Waals surface area contributed by atoms with E-state index in [9.17, 15) is 8.42 Å². The van der Waals surface area contributed by atoms with Crippen LogP contribution < -0.4 is 0 Å². The maximum Gasteiger partial charge on any atom is 0.211 e. The third-order valence-electron chi connectivity index (χ3n) is 5.34. The summed E-state index contributed by atoms with van der Waals surface area (Å²) >= 11 is 0. The predicted octanol–water partition coefficient (Wildman–Crippen LogP) is 2.15. The molecule has 122 valence electrons. The van der Waals surface area contributed by atoms with Crippen LogP contribution in [0.4, 0.5) is 0 Å². The van der Waals surface area contributed by atoms with Gasteiger partial charge in [0.05, 0.1) is 6.26 Å². The first-order valence-electron chi connectivity index (χ1n) is 8.07. The van der Waals surface area contributed by atoms with Crippen LogP contribution in [-0.2, 0) is 10.0 Å². The number of hydrogen-bond acceptors (Lipinski definition) is 3. The van der Waals surface area contributed by atoms with E-state index in [-0.39, 0.29) is 5.41 Å². The summed E-state index contributed by atoms with van der Waals surface area (Å²) in [4.78, 5) is 2.43. The summed E-state index contributed by atoms with van der Waals surface area (Å²) in [5, 5.41) is 0. The van der Waals surface area contributed by atoms with E-state index in [2.05, 4.69) is 42.3 Å². The fourth-order valence-corrected chi connectivity index (χ4v) is 5.11. The van der Waals surface area contributed by atoms with E-state index in [0.717, 1.165) is 25.9 Å². The molecule has 3 rings (SSSR count). The molecule has 0 amide bonds. The average molecular weight is 322 g/mol. The minimum absolute atomic E-state index is 0.273. The third-order valence-corrected chi connectivity index (χ3v) is 6.64. The normalized spacial score (nSPS) is 27.1. The van der Waals surface area contributed by atoms with E-state index in [1.165, 1.54) is 18.2 Å². The number of sulfonamides is 1. The summed E-state index contributed by atoms with van der Waals surface area (Å²) < 4.78 is 25.1. The lowest BCUT2D eigenvalue weighted by Crippen LogP contribution is -2.51. The summed E-state index contributed by atoms with van der Waals surface area (Å²) in [6.45, 7) is 3.54. The summed E-state index contributed by atoms with van der Waals surface area (Å²) in [6.07, 6.45) is 4.46. The SMILES string of the molecule is CN1C[C@@H](c2ccccc2)CC2(CCN(S(C)(=O)=O)CC2)C1. The molecule has 1 aromatic carbocycles. The van der Waals surface area contributed by atoms with Crippen LogP contribution in [-0.4, -0.2) is 57.1 Å². The second-order valence-corrected chi connectivity index (χ2v) is 9.15. The Morgan fingerprint density at radius 1 is 1.14 bits per heavy atom. The van der Waals surface area contributed by atoms with E-state index in [1.807, 2.05) is 0 Å². The number of piperidine rings is 2. The monoisotopic (exact) mass is 322 g/mol. The summed E-state index contributed by atoms with van der Waals surface area (Å²) in [7, 11) is -0.846. The van der Waals surface area contributed by atoms with Crippen LogP contribution in [0.25, 0.3) is 0 Å². The second-order valence-electron chi connectivity index (χ2n) is 7.17. The van der Waals surface area contributed by atoms with Crippen molar-refractivity contribution in [3.8, 4) is 0 Å². The Hall–Kier alpha value is -0.910. The molecule has 1 aromatic rings. The Labute approximate surface area is 134 Å². The van der Waals surface area contributed by atoms with Crippen LogP contribution in [0.15, 0.2) is 30.3 Å². The first-order valence-corrected chi connectivity index (χ1v) is 9.91. The van der Waals surface area contributed by atoms with E-state index < -0.39 is 10.0 Å². The molecule has 2 fully saturated rings. The van der Waals surface area contributed by atoms with Gasteiger partial charge in [-0.1, -0.05) is 30.3 Å². The van der Waals surface area contributed by atoms with E-state index in [4.69, 9.17) is 0 Å². The highest BCUT2D eigenvalue weighted by Crippen LogP contribution is 2.44. The van der Waals surface area contributed by atoms with Crippen LogP contribution >= 0.6 is 0 Å². The van der Waals surface area contributed by atoms with Crippen molar-refractivity contribution in [1.82, 2.24) is 9.21 Å². The molecule has 0 bridgehead atoms. The highest BCUT2D eigenvalue weighted by molar-refractivity contribution is 7.88. The van der Waals surface area contributed by atoms with Crippen LogP contribution in [0.5, 0.6) is 0 Å². The van der Waals surface area contributed by atoms with Crippen LogP contribution in [0.2, 0.25) is 0 Å². The average Bonchev–Trinajstić information content (AvgIpc) is 2.47. The van der Waals surface area contributed by atoms with Gasteiger partial charge in [0, 0.05) is 26.2 Å². The van der Waals surface area contributed by atoms with Crippen molar-refractivity contribution in [1.29, 1.82) is 0 Å². The van der Waals surface area contributed by atoms with Gasteiger partial charge in [-0.15, -0.1) is 0 Å². The van der Waals surface area contributed by atoms with Gasteiger partial charge in [0.25, 0.3) is 0 Å². The Kier molecular flexibility index (Phi) is 4.32. The highest BCUT2D eigenvalue weighted by atomic mass is 32.2. The minimum atomic E-state index is -3.04. The number of rotatable bonds is 2. The number of hydrogen-bond donors (Lipinski definition) is 0. The molecular weight excluding hydrogens is 296 g/mol. The van der Waals surface area contributed by atoms with E-state index in [0.29, 0.717) is 19.0 Å². The third kappa shape index (κ3) is 3.36. The fourth-order valence-electron chi connectivity index (χ4n) is 4.27. The standard InChI is InChI=1S/C17H26N2O2S/c1-18-13-16(15-6-4-3-5-7-15)12-17(14-18)8-10-19(11-9-17)22(2,20)21/h3-7,16H,8-14H2,1-2H3/t16-/m0/s1. The van der Waals surface area contributed by atoms with Gasteiger partial charge in [-0.25, -0.2) is 12.7 Å². The molecule has 5 heteroatoms. The largest absolute Gasteiger partial charge is 0.305 e. The first kappa shape index (κ1) is 16.0. The molecule has 2 aliphatic rings. The molecule has 0 aliphatic carbocycles. The topological polar surface area (TPSA) is 40.6 Å². The van der Waals surface area contributed by atoms with Crippen molar-refractivity contribution in [2.75, 3.05) is 39.5 Å². The first-order chi connectivity index (χ1) is 10.4. The van der Waals surface area contributed by atoms with Gasteiger partial charge in [0.1, 0.15) is 0 Å². The molecule has 22 heavy (non-hydrogen) atoms. The van der Waals surface area contributed by atoms with E-state index >= 15 is 0 Å². The highest BCUT2D eigenvalue weighted by Gasteiger charge is 2.42. The summed E-state index contributed by atoms with van der Waals surface area (Å²) in [6, 6.07) is 10.7. The van der Waals surface area contributed by atoms with Crippen LogP contribution in [0, 0.1) is 5.41 Å². The smallest absolute Gasteiger partial charge is 0.211 e. The fraction of sp³-hybridized carbons (Fsp3) is 0.647. The number of nitrogens with zero attached hydrogens (tertiary/aromatic N) is 2. The predicted molar refractivity (Wildman–Crippen MR) is 89.4 cm³/mol. The summed E-state index contributed by atoms with van der Waals surface area (Å²) in [5.74, 6) is 0.560. The molecular formula is C17H26N2O2S. The number of likely N-dealkylation sites (N-methyl/N-ethyl adjacent to an activating group) is 1. The molecule has 0 aromatic heterocycles. The lowest BCUT2D eigenvalue weighted by atomic mass is 9.68. The zero-order valence-electron chi connectivity index (χ0n) is 13.5.